The summed E-state index contributed by atoms with van der Waals surface area (Å²) in [6, 6.07) is -0.0957. The molecule has 2 rings (SSSR count). The molecule has 0 saturated carbocycles. The second-order valence-corrected chi connectivity index (χ2v) is 7.33. The number of ether oxygens (including phenoxy) is 1. The Kier molecular flexibility index (Phi) is 4.26. The molecule has 1 saturated heterocycles. The van der Waals surface area contributed by atoms with Gasteiger partial charge in [-0.15, -0.1) is 11.3 Å². The zero-order valence-corrected chi connectivity index (χ0v) is 12.9. The van der Waals surface area contributed by atoms with Crippen molar-refractivity contribution in [2.24, 2.45) is 0 Å². The van der Waals surface area contributed by atoms with Crippen molar-refractivity contribution in [1.82, 2.24) is 9.88 Å². The highest BCUT2D eigenvalue weighted by molar-refractivity contribution is 7.11. The van der Waals surface area contributed by atoms with E-state index >= 15 is 0 Å². The van der Waals surface area contributed by atoms with Crippen molar-refractivity contribution in [2.75, 3.05) is 6.54 Å². The van der Waals surface area contributed by atoms with E-state index in [1.165, 1.54) is 4.88 Å². The molecule has 0 radical (unpaired) electrons. The van der Waals surface area contributed by atoms with E-state index in [4.69, 9.17) is 4.74 Å². The average molecular weight is 282 g/mol. The predicted octanol–water partition coefficient (Wildman–Crippen LogP) is 2.76. The van der Waals surface area contributed by atoms with Crippen LogP contribution in [-0.4, -0.2) is 34.0 Å². The van der Waals surface area contributed by atoms with E-state index in [1.54, 1.807) is 11.3 Å². The standard InChI is InChI=1S/C14H22N2O2S/c1-10-15-8-11(19-10)9-16-7-5-6-12(16)13(17)18-14(2,3)4/h8,12H,5-7,9H2,1-4H3/t12-/m1/s1. The normalized spacial score (nSPS) is 20.7. The number of hydrogen-bond acceptors (Lipinski definition) is 5. The van der Waals surface area contributed by atoms with Crippen molar-refractivity contribution in [1.29, 1.82) is 0 Å². The number of aromatic nitrogens is 1. The van der Waals surface area contributed by atoms with E-state index in [0.29, 0.717) is 0 Å². The Morgan fingerprint density at radius 2 is 2.32 bits per heavy atom. The first-order valence-corrected chi connectivity index (χ1v) is 7.55. The van der Waals surface area contributed by atoms with E-state index < -0.39 is 5.60 Å². The van der Waals surface area contributed by atoms with Crippen LogP contribution < -0.4 is 0 Å². The molecule has 2 heterocycles. The molecule has 5 heteroatoms. The topological polar surface area (TPSA) is 42.4 Å². The maximum atomic E-state index is 12.2. The molecule has 0 amide bonds. The van der Waals surface area contributed by atoms with Gasteiger partial charge in [0.15, 0.2) is 0 Å². The fourth-order valence-corrected chi connectivity index (χ4v) is 3.15. The Morgan fingerprint density at radius 1 is 1.58 bits per heavy atom. The zero-order valence-electron chi connectivity index (χ0n) is 12.1. The van der Waals surface area contributed by atoms with Crippen LogP contribution in [0.2, 0.25) is 0 Å². The molecule has 1 aliphatic rings. The Hall–Kier alpha value is -0.940. The first-order valence-electron chi connectivity index (χ1n) is 6.73. The molecule has 19 heavy (non-hydrogen) atoms. The second-order valence-electron chi connectivity index (χ2n) is 6.01. The summed E-state index contributed by atoms with van der Waals surface area (Å²) in [5.74, 6) is -0.0914. The molecule has 0 aromatic carbocycles. The van der Waals surface area contributed by atoms with Gasteiger partial charge >= 0.3 is 5.97 Å². The second kappa shape index (κ2) is 5.59. The summed E-state index contributed by atoms with van der Waals surface area (Å²) < 4.78 is 5.50. The van der Waals surface area contributed by atoms with Gasteiger partial charge in [-0.2, -0.15) is 0 Å². The van der Waals surface area contributed by atoms with Crippen molar-refractivity contribution < 1.29 is 9.53 Å². The number of nitrogens with zero attached hydrogens (tertiary/aromatic N) is 2. The van der Waals surface area contributed by atoms with Crippen LogP contribution in [0.4, 0.5) is 0 Å². The van der Waals surface area contributed by atoms with Gasteiger partial charge in [-0.1, -0.05) is 0 Å². The van der Waals surface area contributed by atoms with Crippen LogP contribution >= 0.6 is 11.3 Å². The monoisotopic (exact) mass is 282 g/mol. The summed E-state index contributed by atoms with van der Waals surface area (Å²) in [6.07, 6.45) is 3.86. The van der Waals surface area contributed by atoms with Gasteiger partial charge in [-0.3, -0.25) is 9.69 Å². The number of carbonyl (C=O) groups excluding carboxylic acids is 1. The Bertz CT molecular complexity index is 451. The van der Waals surface area contributed by atoms with Crippen LogP contribution in [-0.2, 0) is 16.1 Å². The largest absolute Gasteiger partial charge is 0.459 e. The molecule has 4 nitrogen and oxygen atoms in total. The molecule has 1 aromatic heterocycles. The van der Waals surface area contributed by atoms with Crippen LogP contribution in [0.1, 0.15) is 43.5 Å². The molecular weight excluding hydrogens is 260 g/mol. The maximum Gasteiger partial charge on any atom is 0.323 e. The SMILES string of the molecule is Cc1ncc(CN2CCC[C@@H]2C(=O)OC(C)(C)C)s1. The first-order chi connectivity index (χ1) is 8.85. The van der Waals surface area contributed by atoms with E-state index in [9.17, 15) is 4.79 Å². The van der Waals surface area contributed by atoms with E-state index in [1.807, 2.05) is 33.9 Å². The van der Waals surface area contributed by atoms with Crippen LogP contribution in [0.5, 0.6) is 0 Å². The summed E-state index contributed by atoms with van der Waals surface area (Å²) in [5.41, 5.74) is -0.410. The van der Waals surface area contributed by atoms with E-state index in [0.717, 1.165) is 30.9 Å². The third-order valence-electron chi connectivity index (χ3n) is 3.07. The molecule has 0 aliphatic carbocycles. The minimum Gasteiger partial charge on any atom is -0.459 e. The molecule has 1 aromatic rings. The van der Waals surface area contributed by atoms with Crippen molar-refractivity contribution >= 4 is 17.3 Å². The molecule has 0 bridgehead atoms. The number of hydrogen-bond donors (Lipinski definition) is 0. The number of thiazole rings is 1. The Morgan fingerprint density at radius 3 is 2.89 bits per heavy atom. The van der Waals surface area contributed by atoms with Crippen molar-refractivity contribution in [2.45, 2.75) is 58.7 Å². The number of carbonyl (C=O) groups is 1. The summed E-state index contributed by atoms with van der Waals surface area (Å²) in [4.78, 5) is 19.9. The van der Waals surface area contributed by atoms with Crippen LogP contribution in [0.3, 0.4) is 0 Å². The van der Waals surface area contributed by atoms with Crippen LogP contribution in [0.25, 0.3) is 0 Å². The maximum absolute atomic E-state index is 12.2. The van der Waals surface area contributed by atoms with Crippen LogP contribution in [0, 0.1) is 6.92 Å². The number of aryl methyl sites for hydroxylation is 1. The van der Waals surface area contributed by atoms with Gasteiger partial charge in [0.05, 0.1) is 5.01 Å². The van der Waals surface area contributed by atoms with E-state index in [-0.39, 0.29) is 12.0 Å². The van der Waals surface area contributed by atoms with Crippen molar-refractivity contribution in [3.63, 3.8) is 0 Å². The third kappa shape index (κ3) is 4.01. The summed E-state index contributed by atoms with van der Waals surface area (Å²) >= 11 is 1.70. The smallest absolute Gasteiger partial charge is 0.323 e. The highest BCUT2D eigenvalue weighted by atomic mass is 32.1. The zero-order chi connectivity index (χ0) is 14.0. The molecule has 1 atom stereocenters. The molecule has 0 unspecified atom stereocenters. The highest BCUT2D eigenvalue weighted by Gasteiger charge is 2.34. The minimum atomic E-state index is -0.410. The molecule has 106 valence electrons. The fraction of sp³-hybridized carbons (Fsp3) is 0.714. The van der Waals surface area contributed by atoms with Gasteiger partial charge in [0.2, 0.25) is 0 Å². The Balaban J connectivity index is 1.98. The van der Waals surface area contributed by atoms with Gasteiger partial charge in [0.25, 0.3) is 0 Å². The number of esters is 1. The third-order valence-corrected chi connectivity index (χ3v) is 3.97. The van der Waals surface area contributed by atoms with Gasteiger partial charge in [0.1, 0.15) is 11.6 Å². The highest BCUT2D eigenvalue weighted by Crippen LogP contribution is 2.24. The lowest BCUT2D eigenvalue weighted by Crippen LogP contribution is -2.40. The van der Waals surface area contributed by atoms with Gasteiger partial charge in [-0.25, -0.2) is 4.98 Å². The van der Waals surface area contributed by atoms with Crippen LogP contribution in [0.15, 0.2) is 6.20 Å². The quantitative estimate of drug-likeness (QED) is 0.800. The predicted molar refractivity (Wildman–Crippen MR) is 76.1 cm³/mol. The summed E-state index contributed by atoms with van der Waals surface area (Å²) in [7, 11) is 0. The molecule has 0 N–H and O–H groups in total. The van der Waals surface area contributed by atoms with E-state index in [2.05, 4.69) is 9.88 Å². The van der Waals surface area contributed by atoms with Gasteiger partial charge < -0.3 is 4.74 Å². The van der Waals surface area contributed by atoms with Gasteiger partial charge in [-0.05, 0) is 47.1 Å². The van der Waals surface area contributed by atoms with Crippen molar-refractivity contribution in [3.8, 4) is 0 Å². The summed E-state index contributed by atoms with van der Waals surface area (Å²) in [6.45, 7) is 9.50. The minimum absolute atomic E-state index is 0.0914. The lowest BCUT2D eigenvalue weighted by atomic mass is 10.1. The average Bonchev–Trinajstić information content (AvgIpc) is 2.86. The summed E-state index contributed by atoms with van der Waals surface area (Å²) in [5, 5.41) is 1.07. The number of likely N-dealkylation sites (tertiary alicyclic amines) is 1. The number of rotatable bonds is 3. The molecule has 1 aliphatic heterocycles. The lowest BCUT2D eigenvalue weighted by molar-refractivity contribution is -0.160. The van der Waals surface area contributed by atoms with Gasteiger partial charge in [0, 0.05) is 17.6 Å². The Labute approximate surface area is 118 Å². The molecule has 1 fully saturated rings. The first kappa shape index (κ1) is 14.5. The fourth-order valence-electron chi connectivity index (χ4n) is 2.33. The molecular formula is C14H22N2O2S. The van der Waals surface area contributed by atoms with Crippen molar-refractivity contribution in [3.05, 3.63) is 16.1 Å². The molecule has 0 spiro atoms. The lowest BCUT2D eigenvalue weighted by Gasteiger charge is -2.26.